The zero-order chi connectivity index (χ0) is 21.3. The van der Waals surface area contributed by atoms with Crippen LogP contribution >= 0.6 is 0 Å². The van der Waals surface area contributed by atoms with Crippen LogP contribution in [0.4, 0.5) is 4.39 Å². The maximum Gasteiger partial charge on any atom is 1.00 e. The Morgan fingerprint density at radius 2 is 2.10 bits per heavy atom. The van der Waals surface area contributed by atoms with Crippen LogP contribution in [0.2, 0.25) is 0 Å². The molecule has 1 fully saturated rings. The summed E-state index contributed by atoms with van der Waals surface area (Å²) >= 11 is 0. The van der Waals surface area contributed by atoms with Crippen molar-refractivity contribution >= 4 is 5.97 Å². The monoisotopic (exact) mass is 434 g/mol. The normalized spacial score (nSPS) is 14.2. The summed E-state index contributed by atoms with van der Waals surface area (Å²) in [5.41, 5.74) is 0.507. The molecule has 156 valence electrons. The fourth-order valence-electron chi connectivity index (χ4n) is 3.14. The van der Waals surface area contributed by atoms with Gasteiger partial charge in [0.1, 0.15) is 17.7 Å². The molecule has 0 bridgehead atoms. The van der Waals surface area contributed by atoms with Crippen LogP contribution in [0.15, 0.2) is 41.1 Å². The molecule has 0 amide bonds. The van der Waals surface area contributed by atoms with Crippen molar-refractivity contribution in [1.82, 2.24) is 20.0 Å². The molecule has 0 aliphatic carbocycles. The van der Waals surface area contributed by atoms with Crippen molar-refractivity contribution in [2.45, 2.75) is 32.4 Å². The average Bonchev–Trinajstić information content (AvgIpc) is 3.15. The van der Waals surface area contributed by atoms with E-state index in [1.807, 2.05) is 13.8 Å². The standard InChI is InChI=1S/C21H21FN4O4.Na/c1-12(2)20-24-19(30-25-20)11-26-9-15(10-26)29-14-4-6-18(23-8-14)13-3-5-16(21(27)28)17(22)7-13;/h3-8,12,15H,9-11H2,1-2H3,(H,27,28);/q;+1/p-1. The third-order valence-electron chi connectivity index (χ3n) is 4.81. The van der Waals surface area contributed by atoms with Gasteiger partial charge < -0.3 is 19.2 Å². The van der Waals surface area contributed by atoms with Gasteiger partial charge in [0.25, 0.3) is 0 Å². The Bertz CT molecular complexity index is 1050. The van der Waals surface area contributed by atoms with E-state index in [1.54, 1.807) is 18.3 Å². The molecule has 0 atom stereocenters. The third kappa shape index (κ3) is 5.48. The number of nitrogens with zero attached hydrogens (tertiary/aromatic N) is 4. The minimum atomic E-state index is -1.55. The van der Waals surface area contributed by atoms with Crippen LogP contribution < -0.4 is 39.4 Å². The van der Waals surface area contributed by atoms with Crippen LogP contribution in [0, 0.1) is 5.82 Å². The number of hydrogen-bond donors (Lipinski definition) is 0. The first kappa shape index (κ1) is 23.3. The number of carboxylic acid groups (broad SMARTS) is 1. The first-order chi connectivity index (χ1) is 14.4. The Hall–Kier alpha value is -2.33. The summed E-state index contributed by atoms with van der Waals surface area (Å²) in [6.07, 6.45) is 1.60. The first-order valence-corrected chi connectivity index (χ1v) is 9.58. The van der Waals surface area contributed by atoms with Crippen LogP contribution in [0.1, 0.15) is 41.8 Å². The van der Waals surface area contributed by atoms with Gasteiger partial charge in [-0.05, 0) is 24.3 Å². The van der Waals surface area contributed by atoms with Crippen LogP contribution in [0.25, 0.3) is 11.3 Å². The van der Waals surface area contributed by atoms with Crippen LogP contribution in [-0.4, -0.2) is 45.2 Å². The van der Waals surface area contributed by atoms with Gasteiger partial charge >= 0.3 is 29.6 Å². The Morgan fingerprint density at radius 3 is 2.68 bits per heavy atom. The largest absolute Gasteiger partial charge is 1.00 e. The minimum Gasteiger partial charge on any atom is -0.545 e. The van der Waals surface area contributed by atoms with Gasteiger partial charge in [-0.25, -0.2) is 4.39 Å². The second-order valence-corrected chi connectivity index (χ2v) is 7.50. The van der Waals surface area contributed by atoms with Gasteiger partial charge in [0.15, 0.2) is 5.82 Å². The third-order valence-corrected chi connectivity index (χ3v) is 4.81. The minimum absolute atomic E-state index is 0. The molecule has 1 saturated heterocycles. The zero-order valence-corrected chi connectivity index (χ0v) is 19.5. The molecule has 1 aromatic carbocycles. The van der Waals surface area contributed by atoms with Crippen molar-refractivity contribution < 1.29 is 53.1 Å². The van der Waals surface area contributed by atoms with E-state index in [2.05, 4.69) is 20.0 Å². The number of likely N-dealkylation sites (tertiary alicyclic amines) is 1. The molecule has 8 nitrogen and oxygen atoms in total. The average molecular weight is 434 g/mol. The SMILES string of the molecule is CC(C)c1noc(CN2CC(Oc3ccc(-c4ccc(C(=O)[O-])c(F)c4)nc3)C2)n1.[Na+]. The molecule has 0 radical (unpaired) electrons. The molecular weight excluding hydrogens is 414 g/mol. The number of hydrogen-bond acceptors (Lipinski definition) is 8. The fraction of sp³-hybridized carbons (Fsp3) is 0.333. The predicted molar refractivity (Wildman–Crippen MR) is 102 cm³/mol. The van der Waals surface area contributed by atoms with Crippen molar-refractivity contribution in [2.24, 2.45) is 0 Å². The van der Waals surface area contributed by atoms with Gasteiger partial charge in [-0.1, -0.05) is 25.1 Å². The summed E-state index contributed by atoms with van der Waals surface area (Å²) in [7, 11) is 0. The quantitative estimate of drug-likeness (QED) is 0.438. The van der Waals surface area contributed by atoms with E-state index >= 15 is 0 Å². The molecule has 4 rings (SSSR count). The van der Waals surface area contributed by atoms with E-state index < -0.39 is 17.3 Å². The van der Waals surface area contributed by atoms with E-state index in [9.17, 15) is 14.3 Å². The second kappa shape index (κ2) is 9.86. The fourth-order valence-corrected chi connectivity index (χ4v) is 3.14. The van der Waals surface area contributed by atoms with Gasteiger partial charge in [0.2, 0.25) is 5.89 Å². The van der Waals surface area contributed by atoms with E-state index in [1.165, 1.54) is 12.1 Å². The van der Waals surface area contributed by atoms with Crippen molar-refractivity contribution in [3.05, 3.63) is 59.6 Å². The Balaban J connectivity index is 0.00000272. The molecule has 1 aliphatic rings. The molecular formula is C21H20FN4NaO4. The molecule has 3 heterocycles. The molecule has 1 aliphatic heterocycles. The van der Waals surface area contributed by atoms with E-state index in [0.29, 0.717) is 35.3 Å². The number of aromatic nitrogens is 3. The smallest absolute Gasteiger partial charge is 0.545 e. The Morgan fingerprint density at radius 1 is 1.32 bits per heavy atom. The van der Waals surface area contributed by atoms with E-state index in [-0.39, 0.29) is 41.6 Å². The second-order valence-electron chi connectivity index (χ2n) is 7.50. The number of halogens is 1. The number of aromatic carboxylic acids is 1. The van der Waals surface area contributed by atoms with Crippen LogP contribution in [0.3, 0.4) is 0 Å². The Kier molecular flexibility index (Phi) is 7.42. The molecule has 3 aromatic rings. The van der Waals surface area contributed by atoms with Crippen molar-refractivity contribution in [2.75, 3.05) is 13.1 Å². The first-order valence-electron chi connectivity index (χ1n) is 9.58. The van der Waals surface area contributed by atoms with E-state index in [4.69, 9.17) is 9.26 Å². The summed E-state index contributed by atoms with van der Waals surface area (Å²) in [6.45, 7) is 6.08. The molecule has 0 spiro atoms. The zero-order valence-electron chi connectivity index (χ0n) is 17.5. The molecule has 0 unspecified atom stereocenters. The van der Waals surface area contributed by atoms with Gasteiger partial charge in [-0.15, -0.1) is 0 Å². The number of carbonyl (C=O) groups is 1. The molecule has 10 heteroatoms. The molecule has 2 aromatic heterocycles. The topological polar surface area (TPSA) is 104 Å². The van der Waals surface area contributed by atoms with Crippen LogP contribution in [0.5, 0.6) is 5.75 Å². The van der Waals surface area contributed by atoms with Crippen molar-refractivity contribution in [3.63, 3.8) is 0 Å². The number of ether oxygens (including phenoxy) is 1. The van der Waals surface area contributed by atoms with Crippen LogP contribution in [-0.2, 0) is 6.54 Å². The van der Waals surface area contributed by atoms with Crippen molar-refractivity contribution in [3.8, 4) is 17.0 Å². The number of carboxylic acids is 1. The summed E-state index contributed by atoms with van der Waals surface area (Å²) < 4.78 is 25.0. The summed E-state index contributed by atoms with van der Waals surface area (Å²) in [6, 6.07) is 7.24. The molecule has 0 N–H and O–H groups in total. The van der Waals surface area contributed by atoms with E-state index in [0.717, 1.165) is 19.2 Å². The van der Waals surface area contributed by atoms with Crippen molar-refractivity contribution in [1.29, 1.82) is 0 Å². The maximum absolute atomic E-state index is 13.8. The van der Waals surface area contributed by atoms with Gasteiger partial charge in [-0.2, -0.15) is 4.98 Å². The maximum atomic E-state index is 13.8. The number of pyridine rings is 1. The number of benzene rings is 1. The Labute approximate surface area is 200 Å². The van der Waals surface area contributed by atoms with Gasteiger partial charge in [0.05, 0.1) is 24.4 Å². The summed E-state index contributed by atoms with van der Waals surface area (Å²) in [5.74, 6) is -0.265. The molecule has 0 saturated carbocycles. The summed E-state index contributed by atoms with van der Waals surface area (Å²) in [5, 5.41) is 14.8. The number of carbonyl (C=O) groups excluding carboxylic acids is 1. The predicted octanol–water partition coefficient (Wildman–Crippen LogP) is -0.975. The number of rotatable bonds is 7. The molecule has 31 heavy (non-hydrogen) atoms. The van der Waals surface area contributed by atoms with Gasteiger partial charge in [0, 0.05) is 30.1 Å². The van der Waals surface area contributed by atoms with Gasteiger partial charge in [-0.3, -0.25) is 9.88 Å². The summed E-state index contributed by atoms with van der Waals surface area (Å²) in [4.78, 5) is 21.6.